The molecule has 0 aromatic carbocycles. The van der Waals surface area contributed by atoms with E-state index in [0.29, 0.717) is 19.7 Å². The van der Waals surface area contributed by atoms with Crippen molar-refractivity contribution >= 4 is 5.91 Å². The molecule has 1 aliphatic rings. The molecule has 1 atom stereocenters. The van der Waals surface area contributed by atoms with Crippen LogP contribution in [-0.4, -0.2) is 45.3 Å². The van der Waals surface area contributed by atoms with Crippen LogP contribution < -0.4 is 0 Å². The van der Waals surface area contributed by atoms with Gasteiger partial charge in [0.2, 0.25) is 5.91 Å². The number of morpholine rings is 1. The third-order valence-electron chi connectivity index (χ3n) is 4.10. The first-order valence-electron chi connectivity index (χ1n) is 7.86. The van der Waals surface area contributed by atoms with Gasteiger partial charge in [-0.2, -0.15) is 5.10 Å². The Morgan fingerprint density at radius 1 is 1.30 bits per heavy atom. The average molecular weight is 314 g/mol. The average Bonchev–Trinajstić information content (AvgIpc) is 2.85. The second kappa shape index (κ2) is 6.50. The van der Waals surface area contributed by atoms with Gasteiger partial charge < -0.3 is 9.64 Å². The van der Waals surface area contributed by atoms with Crippen LogP contribution in [0, 0.1) is 20.8 Å². The number of aryl methyl sites for hydroxylation is 3. The van der Waals surface area contributed by atoms with Gasteiger partial charge in [0, 0.05) is 24.1 Å². The van der Waals surface area contributed by atoms with E-state index in [9.17, 15) is 4.79 Å². The van der Waals surface area contributed by atoms with Crippen LogP contribution in [0.25, 0.3) is 0 Å². The first-order chi connectivity index (χ1) is 11.0. The van der Waals surface area contributed by atoms with E-state index in [1.54, 1.807) is 10.9 Å². The summed E-state index contributed by atoms with van der Waals surface area (Å²) in [6, 6.07) is 5.95. The first-order valence-corrected chi connectivity index (χ1v) is 7.86. The maximum absolute atomic E-state index is 12.6. The molecule has 1 aliphatic heterocycles. The lowest BCUT2D eigenvalue weighted by atomic mass is 10.1. The van der Waals surface area contributed by atoms with E-state index in [1.807, 2.05) is 43.9 Å². The fraction of sp³-hybridized carbons (Fsp3) is 0.471. The number of ether oxygens (including phenoxy) is 1. The summed E-state index contributed by atoms with van der Waals surface area (Å²) in [6.45, 7) is 7.88. The molecular weight excluding hydrogens is 292 g/mol. The summed E-state index contributed by atoms with van der Waals surface area (Å²) < 4.78 is 7.60. The lowest BCUT2D eigenvalue weighted by molar-refractivity contribution is -0.139. The number of aromatic nitrogens is 3. The molecule has 0 spiro atoms. The summed E-state index contributed by atoms with van der Waals surface area (Å²) >= 11 is 0. The zero-order chi connectivity index (χ0) is 16.4. The Morgan fingerprint density at radius 3 is 2.83 bits per heavy atom. The van der Waals surface area contributed by atoms with Crippen LogP contribution in [0.3, 0.4) is 0 Å². The van der Waals surface area contributed by atoms with Gasteiger partial charge in [0.25, 0.3) is 0 Å². The molecule has 6 heteroatoms. The van der Waals surface area contributed by atoms with Crippen molar-refractivity contribution in [2.45, 2.75) is 33.4 Å². The highest BCUT2D eigenvalue weighted by Gasteiger charge is 2.26. The van der Waals surface area contributed by atoms with Crippen molar-refractivity contribution in [3.05, 3.63) is 47.0 Å². The molecule has 0 aliphatic carbocycles. The molecule has 3 heterocycles. The number of carbonyl (C=O) groups is 1. The second-order valence-electron chi connectivity index (χ2n) is 6.01. The Balaban J connectivity index is 1.68. The minimum absolute atomic E-state index is 0.0790. The lowest BCUT2D eigenvalue weighted by Gasteiger charge is -2.33. The molecule has 0 bridgehead atoms. The quantitative estimate of drug-likeness (QED) is 0.867. The van der Waals surface area contributed by atoms with Crippen molar-refractivity contribution in [3.63, 3.8) is 0 Å². The molecule has 122 valence electrons. The fourth-order valence-corrected chi connectivity index (χ4v) is 2.91. The highest BCUT2D eigenvalue weighted by molar-refractivity contribution is 5.76. The van der Waals surface area contributed by atoms with E-state index in [2.05, 4.69) is 10.1 Å². The third-order valence-corrected chi connectivity index (χ3v) is 4.10. The molecule has 0 radical (unpaired) electrons. The van der Waals surface area contributed by atoms with Crippen molar-refractivity contribution in [1.82, 2.24) is 19.7 Å². The molecule has 0 N–H and O–H groups in total. The number of pyridine rings is 1. The van der Waals surface area contributed by atoms with E-state index < -0.39 is 0 Å². The van der Waals surface area contributed by atoms with Gasteiger partial charge in [0.1, 0.15) is 12.6 Å². The van der Waals surface area contributed by atoms with E-state index in [0.717, 1.165) is 22.6 Å². The lowest BCUT2D eigenvalue weighted by Crippen LogP contribution is -2.43. The van der Waals surface area contributed by atoms with Gasteiger partial charge in [-0.25, -0.2) is 0 Å². The van der Waals surface area contributed by atoms with E-state index in [1.165, 1.54) is 0 Å². The standard InChI is InChI=1S/C17H22N4O2/c1-12-9-15(4-5-18-12)16-10-20(6-7-23-16)17(22)11-21-14(3)8-13(2)19-21/h4-5,8-9,16H,6-7,10-11H2,1-3H3/t16-/m1/s1. The molecular formula is C17H22N4O2. The maximum Gasteiger partial charge on any atom is 0.244 e. The minimum Gasteiger partial charge on any atom is -0.370 e. The van der Waals surface area contributed by atoms with Crippen LogP contribution >= 0.6 is 0 Å². The smallest absolute Gasteiger partial charge is 0.244 e. The monoisotopic (exact) mass is 314 g/mol. The molecule has 1 saturated heterocycles. The summed E-state index contributed by atoms with van der Waals surface area (Å²) in [5, 5.41) is 4.36. The zero-order valence-electron chi connectivity index (χ0n) is 13.8. The Bertz CT molecular complexity index is 710. The van der Waals surface area contributed by atoms with Crippen LogP contribution in [0.4, 0.5) is 0 Å². The van der Waals surface area contributed by atoms with Gasteiger partial charge in [-0.15, -0.1) is 0 Å². The third kappa shape index (κ3) is 3.59. The van der Waals surface area contributed by atoms with Gasteiger partial charge in [-0.1, -0.05) is 0 Å². The van der Waals surface area contributed by atoms with Crippen LogP contribution in [-0.2, 0) is 16.1 Å². The number of hydrogen-bond acceptors (Lipinski definition) is 4. The summed E-state index contributed by atoms with van der Waals surface area (Å²) in [5.74, 6) is 0.0790. The molecule has 0 saturated carbocycles. The number of nitrogens with zero attached hydrogens (tertiary/aromatic N) is 4. The fourth-order valence-electron chi connectivity index (χ4n) is 2.91. The Morgan fingerprint density at radius 2 is 2.13 bits per heavy atom. The van der Waals surface area contributed by atoms with Crippen molar-refractivity contribution in [3.8, 4) is 0 Å². The topological polar surface area (TPSA) is 60.2 Å². The molecule has 2 aromatic rings. The summed E-state index contributed by atoms with van der Waals surface area (Å²) in [6.07, 6.45) is 1.69. The predicted molar refractivity (Wildman–Crippen MR) is 85.9 cm³/mol. The summed E-state index contributed by atoms with van der Waals surface area (Å²) in [4.78, 5) is 18.6. The summed E-state index contributed by atoms with van der Waals surface area (Å²) in [7, 11) is 0. The highest BCUT2D eigenvalue weighted by atomic mass is 16.5. The largest absolute Gasteiger partial charge is 0.370 e. The van der Waals surface area contributed by atoms with E-state index in [4.69, 9.17) is 4.74 Å². The normalized spacial score (nSPS) is 18.2. The second-order valence-corrected chi connectivity index (χ2v) is 6.01. The Hall–Kier alpha value is -2.21. The van der Waals surface area contributed by atoms with Gasteiger partial charge in [-0.05, 0) is 44.5 Å². The van der Waals surface area contributed by atoms with Gasteiger partial charge in [0.15, 0.2) is 0 Å². The van der Waals surface area contributed by atoms with E-state index in [-0.39, 0.29) is 18.6 Å². The van der Waals surface area contributed by atoms with Crippen molar-refractivity contribution < 1.29 is 9.53 Å². The summed E-state index contributed by atoms with van der Waals surface area (Å²) in [5.41, 5.74) is 3.96. The van der Waals surface area contributed by atoms with E-state index >= 15 is 0 Å². The molecule has 0 unspecified atom stereocenters. The number of carbonyl (C=O) groups excluding carboxylic acids is 1. The highest BCUT2D eigenvalue weighted by Crippen LogP contribution is 2.22. The minimum atomic E-state index is -0.0881. The van der Waals surface area contributed by atoms with Gasteiger partial charge in [-0.3, -0.25) is 14.5 Å². The van der Waals surface area contributed by atoms with Crippen molar-refractivity contribution in [2.75, 3.05) is 19.7 Å². The number of amides is 1. The molecule has 6 nitrogen and oxygen atoms in total. The van der Waals surface area contributed by atoms with Crippen LogP contribution in [0.15, 0.2) is 24.4 Å². The Kier molecular flexibility index (Phi) is 4.43. The first kappa shape index (κ1) is 15.7. The molecule has 1 fully saturated rings. The van der Waals surface area contributed by atoms with Crippen molar-refractivity contribution in [2.24, 2.45) is 0 Å². The SMILES string of the molecule is Cc1cc([C@H]2CN(C(=O)Cn3nc(C)cc3C)CCO2)ccn1. The van der Waals surface area contributed by atoms with Gasteiger partial charge in [0.05, 0.1) is 18.8 Å². The zero-order valence-corrected chi connectivity index (χ0v) is 13.8. The van der Waals surface area contributed by atoms with Crippen molar-refractivity contribution in [1.29, 1.82) is 0 Å². The molecule has 3 rings (SSSR count). The molecule has 2 aromatic heterocycles. The number of rotatable bonds is 3. The molecule has 23 heavy (non-hydrogen) atoms. The Labute approximate surface area is 136 Å². The molecule has 1 amide bonds. The van der Waals surface area contributed by atoms with Crippen LogP contribution in [0.1, 0.15) is 28.7 Å². The number of hydrogen-bond donors (Lipinski definition) is 0. The maximum atomic E-state index is 12.6. The van der Waals surface area contributed by atoms with Gasteiger partial charge >= 0.3 is 0 Å². The van der Waals surface area contributed by atoms with Crippen LogP contribution in [0.2, 0.25) is 0 Å². The van der Waals surface area contributed by atoms with Crippen LogP contribution in [0.5, 0.6) is 0 Å². The predicted octanol–water partition coefficient (Wildman–Crippen LogP) is 1.80.